The van der Waals surface area contributed by atoms with Gasteiger partial charge < -0.3 is 14.8 Å². The molecule has 0 saturated heterocycles. The Bertz CT molecular complexity index is 1340. The van der Waals surface area contributed by atoms with Crippen LogP contribution in [0.3, 0.4) is 0 Å². The molecule has 0 spiro atoms. The smallest absolute Gasteiger partial charge is 0.270 e. The molecule has 4 aromatic rings. The van der Waals surface area contributed by atoms with E-state index < -0.39 is 0 Å². The minimum atomic E-state index is -0.140. The van der Waals surface area contributed by atoms with E-state index in [0.717, 1.165) is 41.1 Å². The first kappa shape index (κ1) is 27.3. The van der Waals surface area contributed by atoms with Crippen LogP contribution in [0.25, 0.3) is 0 Å². The van der Waals surface area contributed by atoms with E-state index in [9.17, 15) is 9.59 Å². The SMILES string of the molecule is CCCN(Cc1cccn1Cc1nc(C(=O)NC(C)CCc2ccccc2)cs1)C(=O)c1ccccc1C. The number of amides is 2. The lowest BCUT2D eigenvalue weighted by Crippen LogP contribution is -2.33. The second kappa shape index (κ2) is 13.2. The summed E-state index contributed by atoms with van der Waals surface area (Å²) in [4.78, 5) is 32.6. The third kappa shape index (κ3) is 7.19. The van der Waals surface area contributed by atoms with Crippen molar-refractivity contribution in [2.24, 2.45) is 0 Å². The van der Waals surface area contributed by atoms with Crippen LogP contribution in [0.15, 0.2) is 78.3 Å². The molecule has 2 aromatic heterocycles. The van der Waals surface area contributed by atoms with E-state index in [-0.39, 0.29) is 17.9 Å². The molecule has 0 bridgehead atoms. The Morgan fingerprint density at radius 1 is 1.05 bits per heavy atom. The van der Waals surface area contributed by atoms with Gasteiger partial charge >= 0.3 is 0 Å². The van der Waals surface area contributed by atoms with E-state index in [1.54, 1.807) is 0 Å². The number of carbonyl (C=O) groups excluding carboxylic acids is 2. The molecule has 198 valence electrons. The van der Waals surface area contributed by atoms with Crippen LogP contribution in [-0.2, 0) is 19.5 Å². The molecule has 0 saturated carbocycles. The lowest BCUT2D eigenvalue weighted by atomic mass is 10.1. The number of rotatable bonds is 12. The van der Waals surface area contributed by atoms with Gasteiger partial charge in [0.2, 0.25) is 0 Å². The summed E-state index contributed by atoms with van der Waals surface area (Å²) in [5.41, 5.74) is 4.48. The summed E-state index contributed by atoms with van der Waals surface area (Å²) >= 11 is 1.48. The maximum Gasteiger partial charge on any atom is 0.270 e. The molecule has 0 radical (unpaired) electrons. The molecule has 2 amide bonds. The van der Waals surface area contributed by atoms with E-state index in [1.807, 2.05) is 84.9 Å². The van der Waals surface area contributed by atoms with Gasteiger partial charge in [-0.3, -0.25) is 9.59 Å². The zero-order valence-corrected chi connectivity index (χ0v) is 23.2. The van der Waals surface area contributed by atoms with Gasteiger partial charge in [0.15, 0.2) is 0 Å². The lowest BCUT2D eigenvalue weighted by molar-refractivity contribution is 0.0738. The van der Waals surface area contributed by atoms with E-state index in [1.165, 1.54) is 16.9 Å². The van der Waals surface area contributed by atoms with Crippen molar-refractivity contribution in [2.45, 2.75) is 59.2 Å². The number of aryl methyl sites for hydroxylation is 2. The first-order valence-electron chi connectivity index (χ1n) is 13.2. The molecule has 2 heterocycles. The highest BCUT2D eigenvalue weighted by Crippen LogP contribution is 2.18. The van der Waals surface area contributed by atoms with Gasteiger partial charge in [-0.15, -0.1) is 11.3 Å². The van der Waals surface area contributed by atoms with Gasteiger partial charge in [-0.2, -0.15) is 0 Å². The van der Waals surface area contributed by atoms with Crippen LogP contribution in [0, 0.1) is 6.92 Å². The average molecular weight is 529 g/mol. The molecular weight excluding hydrogens is 492 g/mol. The van der Waals surface area contributed by atoms with Crippen molar-refractivity contribution in [3.05, 3.63) is 111 Å². The fourth-order valence-electron chi connectivity index (χ4n) is 4.48. The molecule has 4 rings (SSSR count). The van der Waals surface area contributed by atoms with Gasteiger partial charge in [-0.1, -0.05) is 55.5 Å². The largest absolute Gasteiger partial charge is 0.348 e. The Labute approximate surface area is 229 Å². The minimum Gasteiger partial charge on any atom is -0.348 e. The third-order valence-electron chi connectivity index (χ3n) is 6.61. The van der Waals surface area contributed by atoms with E-state index in [2.05, 4.69) is 33.9 Å². The van der Waals surface area contributed by atoms with Crippen LogP contribution in [0.1, 0.15) is 69.4 Å². The Morgan fingerprint density at radius 3 is 2.58 bits per heavy atom. The summed E-state index contributed by atoms with van der Waals surface area (Å²) in [7, 11) is 0. The summed E-state index contributed by atoms with van der Waals surface area (Å²) in [6.45, 7) is 7.85. The fraction of sp³-hybridized carbons (Fsp3) is 0.323. The summed E-state index contributed by atoms with van der Waals surface area (Å²) < 4.78 is 2.11. The Morgan fingerprint density at radius 2 is 1.82 bits per heavy atom. The predicted octanol–water partition coefficient (Wildman–Crippen LogP) is 6.10. The van der Waals surface area contributed by atoms with Crippen molar-refractivity contribution >= 4 is 23.2 Å². The number of aromatic nitrogens is 2. The van der Waals surface area contributed by atoms with E-state index >= 15 is 0 Å². The lowest BCUT2D eigenvalue weighted by Gasteiger charge is -2.24. The van der Waals surface area contributed by atoms with Crippen molar-refractivity contribution in [1.82, 2.24) is 19.8 Å². The topological polar surface area (TPSA) is 67.2 Å². The maximum atomic E-state index is 13.3. The molecule has 1 N–H and O–H groups in total. The van der Waals surface area contributed by atoms with Crippen LogP contribution < -0.4 is 5.32 Å². The zero-order valence-electron chi connectivity index (χ0n) is 22.4. The molecule has 7 heteroatoms. The molecule has 1 unspecified atom stereocenters. The molecule has 0 aliphatic carbocycles. The second-order valence-electron chi connectivity index (χ2n) is 9.69. The highest BCUT2D eigenvalue weighted by Gasteiger charge is 2.19. The molecular formula is C31H36N4O2S. The summed E-state index contributed by atoms with van der Waals surface area (Å²) in [6, 6.07) is 22.1. The predicted molar refractivity (Wildman–Crippen MR) is 154 cm³/mol. The van der Waals surface area contributed by atoms with Crippen molar-refractivity contribution in [3.8, 4) is 0 Å². The van der Waals surface area contributed by atoms with E-state index in [4.69, 9.17) is 0 Å². The number of hydrogen-bond acceptors (Lipinski definition) is 4. The first-order chi connectivity index (χ1) is 18.4. The molecule has 0 fully saturated rings. The Kier molecular flexibility index (Phi) is 9.49. The molecule has 38 heavy (non-hydrogen) atoms. The minimum absolute atomic E-state index is 0.0484. The second-order valence-corrected chi connectivity index (χ2v) is 10.6. The van der Waals surface area contributed by atoms with E-state index in [0.29, 0.717) is 25.3 Å². The number of benzene rings is 2. The first-order valence-corrected chi connectivity index (χ1v) is 14.1. The number of nitrogens with zero attached hydrogens (tertiary/aromatic N) is 3. The van der Waals surface area contributed by atoms with Crippen LogP contribution >= 0.6 is 11.3 Å². The van der Waals surface area contributed by atoms with Crippen molar-refractivity contribution < 1.29 is 9.59 Å². The van der Waals surface area contributed by atoms with Gasteiger partial charge in [0.05, 0.1) is 13.1 Å². The number of thiazole rings is 1. The van der Waals surface area contributed by atoms with Crippen LogP contribution in [0.5, 0.6) is 0 Å². The van der Waals surface area contributed by atoms with Gasteiger partial charge in [0.1, 0.15) is 10.7 Å². The highest BCUT2D eigenvalue weighted by atomic mass is 32.1. The number of carbonyl (C=O) groups is 2. The van der Waals surface area contributed by atoms with Crippen molar-refractivity contribution in [1.29, 1.82) is 0 Å². The van der Waals surface area contributed by atoms with Crippen LogP contribution in [0.4, 0.5) is 0 Å². The maximum absolute atomic E-state index is 13.3. The van der Waals surface area contributed by atoms with Crippen molar-refractivity contribution in [2.75, 3.05) is 6.54 Å². The van der Waals surface area contributed by atoms with Gasteiger partial charge in [0.25, 0.3) is 11.8 Å². The summed E-state index contributed by atoms with van der Waals surface area (Å²) in [5, 5.41) is 5.76. The van der Waals surface area contributed by atoms with Gasteiger partial charge in [-0.05, 0) is 62.4 Å². The highest BCUT2D eigenvalue weighted by molar-refractivity contribution is 7.09. The molecule has 6 nitrogen and oxygen atoms in total. The monoisotopic (exact) mass is 528 g/mol. The Balaban J connectivity index is 1.36. The van der Waals surface area contributed by atoms with Crippen molar-refractivity contribution in [3.63, 3.8) is 0 Å². The quantitative estimate of drug-likeness (QED) is 0.241. The third-order valence-corrected chi connectivity index (χ3v) is 7.44. The van der Waals surface area contributed by atoms with Crippen LogP contribution in [0.2, 0.25) is 0 Å². The average Bonchev–Trinajstić information content (AvgIpc) is 3.57. The zero-order chi connectivity index (χ0) is 26.9. The normalized spacial score (nSPS) is 11.8. The molecule has 1 atom stereocenters. The molecule has 0 aliphatic heterocycles. The molecule has 0 aliphatic rings. The molecule has 2 aromatic carbocycles. The van der Waals surface area contributed by atoms with Gasteiger partial charge in [-0.25, -0.2) is 4.98 Å². The fourth-order valence-corrected chi connectivity index (χ4v) is 5.25. The number of hydrogen-bond donors (Lipinski definition) is 1. The van der Waals surface area contributed by atoms with Gasteiger partial charge in [0, 0.05) is 35.4 Å². The summed E-state index contributed by atoms with van der Waals surface area (Å²) in [6.07, 6.45) is 4.68. The standard InChI is InChI=1S/C31H36N4O2S/c1-4-18-35(31(37)27-15-9-8-11-23(27)2)20-26-14-10-19-34(26)21-29-33-28(22-38-29)30(36)32-24(3)16-17-25-12-6-5-7-13-25/h5-15,19,22,24H,4,16-18,20-21H2,1-3H3,(H,32,36). The van der Waals surface area contributed by atoms with Crippen LogP contribution in [-0.4, -0.2) is 38.9 Å². The summed E-state index contributed by atoms with van der Waals surface area (Å²) in [5.74, 6) is -0.0916. The Hall–Kier alpha value is -3.71. The number of nitrogens with one attached hydrogen (secondary N) is 1.